The third kappa shape index (κ3) is 6.53. The van der Waals surface area contributed by atoms with Gasteiger partial charge in [-0.1, -0.05) is 33.6 Å². The molecular weight excluding hydrogens is 188 g/mol. The molecule has 2 heteroatoms. The van der Waals surface area contributed by atoms with Gasteiger partial charge in [0.25, 0.3) is 0 Å². The molecule has 0 aliphatic rings. The molecule has 0 aliphatic heterocycles. The van der Waals surface area contributed by atoms with Crippen LogP contribution >= 0.6 is 0 Å². The second-order valence-electron chi connectivity index (χ2n) is 5.53. The topological polar surface area (TPSA) is 26.3 Å². The molecular formula is C13H26O2. The molecule has 0 spiro atoms. The van der Waals surface area contributed by atoms with Crippen LogP contribution in [-0.2, 0) is 9.53 Å². The van der Waals surface area contributed by atoms with Gasteiger partial charge in [-0.2, -0.15) is 0 Å². The lowest BCUT2D eigenvalue weighted by atomic mass is 9.90. The summed E-state index contributed by atoms with van der Waals surface area (Å²) in [6.45, 7) is 12.1. The van der Waals surface area contributed by atoms with Gasteiger partial charge in [-0.3, -0.25) is 4.79 Å². The molecule has 0 N–H and O–H groups in total. The maximum Gasteiger partial charge on any atom is 0.309 e. The van der Waals surface area contributed by atoms with E-state index in [-0.39, 0.29) is 17.5 Å². The zero-order valence-corrected chi connectivity index (χ0v) is 11.1. The van der Waals surface area contributed by atoms with E-state index in [1.165, 1.54) is 0 Å². The smallest absolute Gasteiger partial charge is 0.309 e. The van der Waals surface area contributed by atoms with E-state index in [9.17, 15) is 4.79 Å². The monoisotopic (exact) mass is 214 g/mol. The number of rotatable bonds is 5. The number of carbonyl (C=O) groups is 1. The summed E-state index contributed by atoms with van der Waals surface area (Å²) in [4.78, 5) is 11.9. The van der Waals surface area contributed by atoms with Crippen LogP contribution < -0.4 is 0 Å². The van der Waals surface area contributed by atoms with Gasteiger partial charge >= 0.3 is 5.97 Å². The van der Waals surface area contributed by atoms with Crippen molar-refractivity contribution in [1.29, 1.82) is 0 Å². The predicted octanol–water partition coefficient (Wildman–Crippen LogP) is 3.79. The molecule has 0 aliphatic carbocycles. The molecule has 0 fully saturated rings. The van der Waals surface area contributed by atoms with Crippen LogP contribution in [-0.4, -0.2) is 11.6 Å². The van der Waals surface area contributed by atoms with Crippen molar-refractivity contribution in [2.24, 2.45) is 11.8 Å². The molecule has 2 nitrogen and oxygen atoms in total. The van der Waals surface area contributed by atoms with Crippen molar-refractivity contribution < 1.29 is 9.53 Å². The van der Waals surface area contributed by atoms with E-state index in [1.54, 1.807) is 0 Å². The first-order valence-electron chi connectivity index (χ1n) is 6.00. The van der Waals surface area contributed by atoms with Crippen LogP contribution in [0.25, 0.3) is 0 Å². The standard InChI is InChI=1S/C13H26O2/c1-7-8-9-11(10(2)3)12(14)15-13(4,5)6/h10-11H,7-9H2,1-6H3. The zero-order chi connectivity index (χ0) is 12.1. The van der Waals surface area contributed by atoms with E-state index in [0.29, 0.717) is 5.92 Å². The van der Waals surface area contributed by atoms with Crippen molar-refractivity contribution in [2.75, 3.05) is 0 Å². The van der Waals surface area contributed by atoms with Gasteiger partial charge in [0, 0.05) is 0 Å². The normalized spacial score (nSPS) is 14.1. The Morgan fingerprint density at radius 1 is 1.27 bits per heavy atom. The van der Waals surface area contributed by atoms with Crippen LogP contribution in [0.1, 0.15) is 60.8 Å². The van der Waals surface area contributed by atoms with Gasteiger partial charge in [0.1, 0.15) is 5.60 Å². The summed E-state index contributed by atoms with van der Waals surface area (Å²) in [5.41, 5.74) is -0.365. The molecule has 0 bridgehead atoms. The van der Waals surface area contributed by atoms with Crippen molar-refractivity contribution >= 4 is 5.97 Å². The summed E-state index contributed by atoms with van der Waals surface area (Å²) < 4.78 is 5.42. The quantitative estimate of drug-likeness (QED) is 0.651. The van der Waals surface area contributed by atoms with Crippen LogP contribution in [0.2, 0.25) is 0 Å². The summed E-state index contributed by atoms with van der Waals surface area (Å²) in [6, 6.07) is 0. The van der Waals surface area contributed by atoms with Crippen LogP contribution in [0.4, 0.5) is 0 Å². The third-order valence-electron chi connectivity index (χ3n) is 2.38. The molecule has 0 heterocycles. The molecule has 90 valence electrons. The highest BCUT2D eigenvalue weighted by Gasteiger charge is 2.26. The van der Waals surface area contributed by atoms with Gasteiger partial charge in [-0.05, 0) is 33.1 Å². The van der Waals surface area contributed by atoms with Crippen LogP contribution in [0.3, 0.4) is 0 Å². The number of ether oxygens (including phenoxy) is 1. The maximum atomic E-state index is 11.9. The Balaban J connectivity index is 4.29. The van der Waals surface area contributed by atoms with Crippen molar-refractivity contribution in [2.45, 2.75) is 66.4 Å². The van der Waals surface area contributed by atoms with Crippen molar-refractivity contribution in [3.05, 3.63) is 0 Å². The van der Waals surface area contributed by atoms with E-state index in [1.807, 2.05) is 20.8 Å². The predicted molar refractivity (Wildman–Crippen MR) is 63.7 cm³/mol. The number of unbranched alkanes of at least 4 members (excludes halogenated alkanes) is 1. The van der Waals surface area contributed by atoms with E-state index in [4.69, 9.17) is 4.74 Å². The zero-order valence-electron chi connectivity index (χ0n) is 11.1. The van der Waals surface area contributed by atoms with E-state index in [2.05, 4.69) is 20.8 Å². The number of hydrogen-bond acceptors (Lipinski definition) is 2. The highest BCUT2D eigenvalue weighted by molar-refractivity contribution is 5.73. The molecule has 0 aromatic rings. The lowest BCUT2D eigenvalue weighted by Gasteiger charge is -2.25. The highest BCUT2D eigenvalue weighted by Crippen LogP contribution is 2.22. The van der Waals surface area contributed by atoms with E-state index >= 15 is 0 Å². The molecule has 0 radical (unpaired) electrons. The molecule has 0 aromatic heterocycles. The SMILES string of the molecule is CCCCC(C(=O)OC(C)(C)C)C(C)C. The molecule has 1 unspecified atom stereocenters. The fraction of sp³-hybridized carbons (Fsp3) is 0.923. The van der Waals surface area contributed by atoms with Gasteiger partial charge in [-0.25, -0.2) is 0 Å². The summed E-state index contributed by atoms with van der Waals surface area (Å²) in [5, 5.41) is 0. The summed E-state index contributed by atoms with van der Waals surface area (Å²) in [7, 11) is 0. The number of carbonyl (C=O) groups excluding carboxylic acids is 1. The minimum atomic E-state index is -0.365. The average Bonchev–Trinajstić information content (AvgIpc) is 2.00. The minimum Gasteiger partial charge on any atom is -0.460 e. The van der Waals surface area contributed by atoms with Gasteiger partial charge < -0.3 is 4.74 Å². The van der Waals surface area contributed by atoms with Crippen LogP contribution in [0.15, 0.2) is 0 Å². The third-order valence-corrected chi connectivity index (χ3v) is 2.38. The molecule has 0 saturated carbocycles. The molecule has 0 amide bonds. The highest BCUT2D eigenvalue weighted by atomic mass is 16.6. The lowest BCUT2D eigenvalue weighted by molar-refractivity contribution is -0.161. The number of hydrogen-bond donors (Lipinski definition) is 0. The Hall–Kier alpha value is -0.530. The molecule has 15 heavy (non-hydrogen) atoms. The van der Waals surface area contributed by atoms with Gasteiger partial charge in [0.15, 0.2) is 0 Å². The van der Waals surface area contributed by atoms with Gasteiger partial charge in [-0.15, -0.1) is 0 Å². The Morgan fingerprint density at radius 3 is 2.13 bits per heavy atom. The second kappa shape index (κ2) is 6.14. The first-order chi connectivity index (χ1) is 6.78. The molecule has 0 rings (SSSR count). The number of esters is 1. The summed E-state index contributed by atoms with van der Waals surface area (Å²) in [5.74, 6) is 0.390. The molecule has 0 aromatic carbocycles. The van der Waals surface area contributed by atoms with Crippen molar-refractivity contribution in [3.63, 3.8) is 0 Å². The molecule has 0 saturated heterocycles. The van der Waals surface area contributed by atoms with Crippen LogP contribution in [0, 0.1) is 11.8 Å². The average molecular weight is 214 g/mol. The first kappa shape index (κ1) is 14.5. The fourth-order valence-electron chi connectivity index (χ4n) is 1.52. The fourth-order valence-corrected chi connectivity index (χ4v) is 1.52. The first-order valence-corrected chi connectivity index (χ1v) is 6.00. The maximum absolute atomic E-state index is 11.9. The summed E-state index contributed by atoms with van der Waals surface area (Å²) >= 11 is 0. The van der Waals surface area contributed by atoms with Gasteiger partial charge in [0.05, 0.1) is 5.92 Å². The second-order valence-corrected chi connectivity index (χ2v) is 5.53. The van der Waals surface area contributed by atoms with Gasteiger partial charge in [0.2, 0.25) is 0 Å². The Kier molecular flexibility index (Phi) is 5.92. The lowest BCUT2D eigenvalue weighted by Crippen LogP contribution is -2.31. The Labute approximate surface area is 94.4 Å². The minimum absolute atomic E-state index is 0.0362. The Bertz CT molecular complexity index is 189. The van der Waals surface area contributed by atoms with Crippen molar-refractivity contribution in [1.82, 2.24) is 0 Å². The Morgan fingerprint density at radius 2 is 1.80 bits per heavy atom. The summed E-state index contributed by atoms with van der Waals surface area (Å²) in [6.07, 6.45) is 3.18. The van der Waals surface area contributed by atoms with E-state index < -0.39 is 0 Å². The largest absolute Gasteiger partial charge is 0.460 e. The van der Waals surface area contributed by atoms with E-state index in [0.717, 1.165) is 19.3 Å². The van der Waals surface area contributed by atoms with Crippen molar-refractivity contribution in [3.8, 4) is 0 Å². The van der Waals surface area contributed by atoms with Crippen LogP contribution in [0.5, 0.6) is 0 Å². The molecule has 1 atom stereocenters.